The summed E-state index contributed by atoms with van der Waals surface area (Å²) in [4.78, 5) is 50.7. The zero-order chi connectivity index (χ0) is 21.2. The summed E-state index contributed by atoms with van der Waals surface area (Å²) in [5.74, 6) is -1.65. The molecule has 9 heteroatoms. The third kappa shape index (κ3) is 3.86. The van der Waals surface area contributed by atoms with Crippen molar-refractivity contribution in [3.63, 3.8) is 0 Å². The fraction of sp³-hybridized carbons (Fsp3) is 0.300. The number of hydrogen-bond acceptors (Lipinski definition) is 6. The minimum atomic E-state index is -1.25. The largest absolute Gasteiger partial charge is 0.462 e. The lowest BCUT2D eigenvalue weighted by Crippen LogP contribution is -2.42. The van der Waals surface area contributed by atoms with Crippen molar-refractivity contribution in [2.45, 2.75) is 26.3 Å². The summed E-state index contributed by atoms with van der Waals surface area (Å²) >= 11 is 1.15. The van der Waals surface area contributed by atoms with Crippen LogP contribution in [0.25, 0.3) is 0 Å². The minimum absolute atomic E-state index is 0.210. The maximum Gasteiger partial charge on any atom is 0.341 e. The molecule has 1 atom stereocenters. The van der Waals surface area contributed by atoms with Crippen LogP contribution in [0.15, 0.2) is 35.7 Å². The molecule has 2 aromatic rings. The molecule has 8 nitrogen and oxygen atoms in total. The highest BCUT2D eigenvalue weighted by Crippen LogP contribution is 2.31. The molecular weight excluding hydrogens is 394 g/mol. The van der Waals surface area contributed by atoms with Gasteiger partial charge in [0.05, 0.1) is 12.2 Å². The van der Waals surface area contributed by atoms with E-state index in [1.54, 1.807) is 37.4 Å². The number of carbonyl (C=O) groups is 4. The number of anilines is 1. The van der Waals surface area contributed by atoms with Gasteiger partial charge in [-0.25, -0.2) is 9.59 Å². The molecule has 1 unspecified atom stereocenters. The first-order chi connectivity index (χ1) is 13.8. The van der Waals surface area contributed by atoms with Gasteiger partial charge in [0.15, 0.2) is 0 Å². The first kappa shape index (κ1) is 20.5. The minimum Gasteiger partial charge on any atom is -0.462 e. The summed E-state index contributed by atoms with van der Waals surface area (Å²) in [6.45, 7) is 4.90. The Kier molecular flexibility index (Phi) is 5.69. The number of ether oxygens (including phenoxy) is 1. The molecule has 0 spiro atoms. The highest BCUT2D eigenvalue weighted by Gasteiger charge is 2.50. The first-order valence-electron chi connectivity index (χ1n) is 9.02. The van der Waals surface area contributed by atoms with Gasteiger partial charge in [-0.3, -0.25) is 14.5 Å². The monoisotopic (exact) mass is 415 g/mol. The van der Waals surface area contributed by atoms with Crippen molar-refractivity contribution in [1.82, 2.24) is 10.2 Å². The second kappa shape index (κ2) is 8.04. The van der Waals surface area contributed by atoms with Crippen LogP contribution in [0.3, 0.4) is 0 Å². The molecule has 2 heterocycles. The molecule has 1 aliphatic heterocycles. The van der Waals surface area contributed by atoms with E-state index < -0.39 is 35.9 Å². The highest BCUT2D eigenvalue weighted by molar-refractivity contribution is 7.14. The Balaban J connectivity index is 1.74. The quantitative estimate of drug-likeness (QED) is 0.557. The average molecular weight is 415 g/mol. The van der Waals surface area contributed by atoms with E-state index in [4.69, 9.17) is 4.74 Å². The molecule has 0 aliphatic carbocycles. The number of amides is 4. The molecule has 1 saturated heterocycles. The van der Waals surface area contributed by atoms with E-state index in [9.17, 15) is 19.2 Å². The van der Waals surface area contributed by atoms with Gasteiger partial charge in [-0.2, -0.15) is 0 Å². The van der Waals surface area contributed by atoms with Crippen LogP contribution in [-0.4, -0.2) is 41.9 Å². The van der Waals surface area contributed by atoms with Gasteiger partial charge in [-0.15, -0.1) is 11.3 Å². The predicted octanol–water partition coefficient (Wildman–Crippen LogP) is 2.64. The second-order valence-corrected chi connectivity index (χ2v) is 7.61. The van der Waals surface area contributed by atoms with Crippen LogP contribution in [0.2, 0.25) is 0 Å². The van der Waals surface area contributed by atoms with Gasteiger partial charge in [0.1, 0.15) is 17.1 Å². The zero-order valence-electron chi connectivity index (χ0n) is 16.3. The fourth-order valence-corrected chi connectivity index (χ4v) is 4.03. The third-order valence-corrected chi connectivity index (χ3v) is 5.50. The van der Waals surface area contributed by atoms with Crippen LogP contribution in [-0.2, 0) is 19.9 Å². The van der Waals surface area contributed by atoms with Gasteiger partial charge < -0.3 is 15.4 Å². The SMILES string of the molecule is CCOC(=O)c1ccsc1NC(=O)CN1C(=O)NC(C)(c2ccccc2C)C1=O. The number of esters is 1. The topological polar surface area (TPSA) is 105 Å². The van der Waals surface area contributed by atoms with Gasteiger partial charge in [0, 0.05) is 0 Å². The van der Waals surface area contributed by atoms with Crippen molar-refractivity contribution in [2.75, 3.05) is 18.5 Å². The van der Waals surface area contributed by atoms with Crippen molar-refractivity contribution in [3.05, 3.63) is 52.4 Å². The summed E-state index contributed by atoms with van der Waals surface area (Å²) in [6, 6.07) is 8.15. The molecule has 29 heavy (non-hydrogen) atoms. The van der Waals surface area contributed by atoms with Gasteiger partial charge in [0.2, 0.25) is 5.91 Å². The Hall–Kier alpha value is -3.20. The smallest absolute Gasteiger partial charge is 0.341 e. The Bertz CT molecular complexity index is 986. The fourth-order valence-electron chi connectivity index (χ4n) is 3.24. The molecule has 3 rings (SSSR count). The zero-order valence-corrected chi connectivity index (χ0v) is 17.1. The lowest BCUT2D eigenvalue weighted by Gasteiger charge is -2.24. The number of thiophene rings is 1. The Morgan fingerprint density at radius 2 is 1.97 bits per heavy atom. The number of carbonyl (C=O) groups excluding carboxylic acids is 4. The summed E-state index contributed by atoms with van der Waals surface area (Å²) in [7, 11) is 0. The predicted molar refractivity (Wildman–Crippen MR) is 108 cm³/mol. The molecule has 152 valence electrons. The molecule has 0 saturated carbocycles. The maximum absolute atomic E-state index is 13.0. The number of aryl methyl sites for hydroxylation is 1. The lowest BCUT2D eigenvalue weighted by atomic mass is 9.88. The summed E-state index contributed by atoms with van der Waals surface area (Å²) < 4.78 is 4.95. The molecule has 1 aliphatic rings. The number of nitrogens with zero attached hydrogens (tertiary/aromatic N) is 1. The van der Waals surface area contributed by atoms with Crippen molar-refractivity contribution in [1.29, 1.82) is 0 Å². The molecular formula is C20H21N3O5S. The molecule has 1 fully saturated rings. The van der Waals surface area contributed by atoms with Crippen LogP contribution < -0.4 is 10.6 Å². The first-order valence-corrected chi connectivity index (χ1v) is 9.90. The molecule has 1 aromatic carbocycles. The molecule has 2 N–H and O–H groups in total. The average Bonchev–Trinajstić information content (AvgIpc) is 3.21. The van der Waals surface area contributed by atoms with Crippen LogP contribution in [0, 0.1) is 6.92 Å². The van der Waals surface area contributed by atoms with E-state index >= 15 is 0 Å². The number of urea groups is 1. The summed E-state index contributed by atoms with van der Waals surface area (Å²) in [6.07, 6.45) is 0. The van der Waals surface area contributed by atoms with Crippen LogP contribution in [0.4, 0.5) is 9.80 Å². The number of nitrogens with one attached hydrogen (secondary N) is 2. The number of hydrogen-bond donors (Lipinski definition) is 2. The van der Waals surface area contributed by atoms with Gasteiger partial charge in [0.25, 0.3) is 5.91 Å². The third-order valence-electron chi connectivity index (χ3n) is 4.67. The number of rotatable bonds is 6. The summed E-state index contributed by atoms with van der Waals surface area (Å²) in [5, 5.41) is 7.22. The Morgan fingerprint density at radius 3 is 2.66 bits per heavy atom. The van der Waals surface area contributed by atoms with E-state index in [2.05, 4.69) is 10.6 Å². The standard InChI is InChI=1S/C20H21N3O5S/c1-4-28-17(25)13-9-10-29-16(13)21-15(24)11-23-18(26)20(3,22-19(23)27)14-8-6-5-7-12(14)2/h5-10H,4,11H2,1-3H3,(H,21,24)(H,22,27). The van der Waals surface area contributed by atoms with Crippen LogP contribution in [0.5, 0.6) is 0 Å². The van der Waals surface area contributed by atoms with E-state index in [0.29, 0.717) is 10.6 Å². The van der Waals surface area contributed by atoms with E-state index in [1.807, 2.05) is 19.1 Å². The van der Waals surface area contributed by atoms with Crippen molar-refractivity contribution in [2.24, 2.45) is 0 Å². The van der Waals surface area contributed by atoms with Gasteiger partial charge >= 0.3 is 12.0 Å². The van der Waals surface area contributed by atoms with Crippen molar-refractivity contribution < 1.29 is 23.9 Å². The Morgan fingerprint density at radius 1 is 1.24 bits per heavy atom. The number of imide groups is 1. The van der Waals surface area contributed by atoms with Gasteiger partial charge in [-0.05, 0) is 43.3 Å². The Labute approximate surface area is 171 Å². The molecule has 4 amide bonds. The molecule has 0 radical (unpaired) electrons. The second-order valence-electron chi connectivity index (χ2n) is 6.69. The summed E-state index contributed by atoms with van der Waals surface area (Å²) in [5.41, 5.74) is 0.505. The van der Waals surface area contributed by atoms with Crippen molar-refractivity contribution in [3.8, 4) is 0 Å². The van der Waals surface area contributed by atoms with Crippen LogP contribution >= 0.6 is 11.3 Å². The van der Waals surface area contributed by atoms with E-state index in [1.165, 1.54) is 0 Å². The molecule has 1 aromatic heterocycles. The van der Waals surface area contributed by atoms with Crippen molar-refractivity contribution >= 4 is 40.2 Å². The van der Waals surface area contributed by atoms with Crippen LogP contribution in [0.1, 0.15) is 35.3 Å². The van der Waals surface area contributed by atoms with Gasteiger partial charge in [-0.1, -0.05) is 24.3 Å². The van der Waals surface area contributed by atoms with E-state index in [-0.39, 0.29) is 12.2 Å². The van der Waals surface area contributed by atoms with E-state index in [0.717, 1.165) is 21.8 Å². The lowest BCUT2D eigenvalue weighted by molar-refractivity contribution is -0.133. The molecule has 0 bridgehead atoms. The highest BCUT2D eigenvalue weighted by atomic mass is 32.1. The number of benzene rings is 1. The maximum atomic E-state index is 13.0. The normalized spacial score (nSPS) is 18.5.